The van der Waals surface area contributed by atoms with Crippen LogP contribution in [0.15, 0.2) is 53.1 Å². The Bertz CT molecular complexity index is 727. The number of carbonyl (C=O) groups excluding carboxylic acids is 2. The minimum atomic E-state index is -0.893. The van der Waals surface area contributed by atoms with Gasteiger partial charge >= 0.3 is 0 Å². The van der Waals surface area contributed by atoms with Crippen LogP contribution < -0.4 is 5.32 Å². The Hall–Kier alpha value is -2.18. The summed E-state index contributed by atoms with van der Waals surface area (Å²) in [7, 11) is 0. The number of ketones is 1. The van der Waals surface area contributed by atoms with Crippen LogP contribution in [0.2, 0.25) is 5.02 Å². The molecule has 5 nitrogen and oxygen atoms in total. The number of aliphatic hydroxyl groups excluding tert-OH is 1. The standard InChI is InChI=1S/C15H10BrClN2O3/c16-10-3-6-14(18-8-10)19-15(22)13(21)7-12(20)9-1-4-11(17)5-2-9/h1-8,20H,(H,18,19,22)/b12-7-. The van der Waals surface area contributed by atoms with E-state index in [9.17, 15) is 14.7 Å². The summed E-state index contributed by atoms with van der Waals surface area (Å²) in [4.78, 5) is 27.4. The fourth-order valence-electron chi connectivity index (χ4n) is 1.52. The lowest BCUT2D eigenvalue weighted by atomic mass is 10.1. The van der Waals surface area contributed by atoms with Gasteiger partial charge in [-0.05, 0) is 52.3 Å². The maximum Gasteiger partial charge on any atom is 0.297 e. The fraction of sp³-hybridized carbons (Fsp3) is 0. The maximum absolute atomic E-state index is 11.8. The van der Waals surface area contributed by atoms with Gasteiger partial charge in [0.2, 0.25) is 5.78 Å². The molecular weight excluding hydrogens is 372 g/mol. The van der Waals surface area contributed by atoms with Gasteiger partial charge in [0.05, 0.1) is 0 Å². The Morgan fingerprint density at radius 1 is 1.18 bits per heavy atom. The quantitative estimate of drug-likeness (QED) is 0.482. The highest BCUT2D eigenvalue weighted by atomic mass is 79.9. The van der Waals surface area contributed by atoms with Gasteiger partial charge in [0.25, 0.3) is 5.91 Å². The third-order valence-corrected chi connectivity index (χ3v) is 3.32. The Kier molecular flexibility index (Phi) is 5.30. The van der Waals surface area contributed by atoms with Crippen molar-refractivity contribution in [2.24, 2.45) is 0 Å². The summed E-state index contributed by atoms with van der Waals surface area (Å²) in [6, 6.07) is 9.42. The topological polar surface area (TPSA) is 79.3 Å². The number of hydrogen-bond donors (Lipinski definition) is 2. The van der Waals surface area contributed by atoms with Crippen molar-refractivity contribution in [3.05, 3.63) is 63.7 Å². The van der Waals surface area contributed by atoms with E-state index < -0.39 is 11.7 Å². The molecule has 7 heteroatoms. The molecule has 0 aliphatic carbocycles. The molecule has 0 aliphatic heterocycles. The molecule has 1 aromatic heterocycles. The molecule has 112 valence electrons. The number of halogens is 2. The molecule has 0 aliphatic rings. The summed E-state index contributed by atoms with van der Waals surface area (Å²) < 4.78 is 0.747. The zero-order valence-electron chi connectivity index (χ0n) is 11.1. The van der Waals surface area contributed by atoms with Gasteiger partial charge in [-0.1, -0.05) is 11.6 Å². The molecule has 1 heterocycles. The van der Waals surface area contributed by atoms with Crippen LogP contribution in [0.25, 0.3) is 5.76 Å². The number of nitrogens with zero attached hydrogens (tertiary/aromatic N) is 1. The van der Waals surface area contributed by atoms with Gasteiger partial charge < -0.3 is 10.4 Å². The third kappa shape index (κ3) is 4.41. The molecule has 0 unspecified atom stereocenters. The lowest BCUT2D eigenvalue weighted by Gasteiger charge is -2.03. The van der Waals surface area contributed by atoms with Crippen molar-refractivity contribution >= 4 is 50.8 Å². The molecule has 0 saturated heterocycles. The smallest absolute Gasteiger partial charge is 0.297 e. The first-order chi connectivity index (χ1) is 10.5. The predicted molar refractivity (Wildman–Crippen MR) is 87.6 cm³/mol. The van der Waals surface area contributed by atoms with E-state index in [1.807, 2.05) is 0 Å². The number of rotatable bonds is 4. The summed E-state index contributed by atoms with van der Waals surface area (Å²) in [5.41, 5.74) is 0.382. The molecule has 2 aromatic rings. The van der Waals surface area contributed by atoms with Crippen LogP contribution in [0.5, 0.6) is 0 Å². The first kappa shape index (κ1) is 16.2. The Balaban J connectivity index is 2.07. The first-order valence-electron chi connectivity index (χ1n) is 6.09. The van der Waals surface area contributed by atoms with Crippen molar-refractivity contribution in [2.45, 2.75) is 0 Å². The maximum atomic E-state index is 11.8. The van der Waals surface area contributed by atoms with Crippen LogP contribution in [-0.2, 0) is 9.59 Å². The number of benzene rings is 1. The van der Waals surface area contributed by atoms with E-state index in [2.05, 4.69) is 26.2 Å². The van der Waals surface area contributed by atoms with E-state index in [0.717, 1.165) is 10.5 Å². The van der Waals surface area contributed by atoms with Crippen molar-refractivity contribution in [1.82, 2.24) is 4.98 Å². The van der Waals surface area contributed by atoms with E-state index in [-0.39, 0.29) is 11.6 Å². The molecule has 0 bridgehead atoms. The van der Waals surface area contributed by atoms with Gasteiger partial charge in [0.1, 0.15) is 11.6 Å². The molecule has 0 atom stereocenters. The summed E-state index contributed by atoms with van der Waals surface area (Å²) in [5, 5.41) is 12.7. The number of pyridine rings is 1. The fourth-order valence-corrected chi connectivity index (χ4v) is 1.88. The van der Waals surface area contributed by atoms with E-state index in [0.29, 0.717) is 10.6 Å². The van der Waals surface area contributed by atoms with Gasteiger partial charge in [0, 0.05) is 27.3 Å². The summed E-state index contributed by atoms with van der Waals surface area (Å²) in [6.07, 6.45) is 2.33. The largest absolute Gasteiger partial charge is 0.507 e. The van der Waals surface area contributed by atoms with E-state index in [1.54, 1.807) is 18.2 Å². The number of hydrogen-bond acceptors (Lipinski definition) is 4. The average Bonchev–Trinajstić information content (AvgIpc) is 2.50. The molecule has 0 saturated carbocycles. The Morgan fingerprint density at radius 3 is 2.45 bits per heavy atom. The SMILES string of the molecule is O=C(/C=C(\O)c1ccc(Cl)cc1)C(=O)Nc1ccc(Br)cn1. The monoisotopic (exact) mass is 380 g/mol. The molecule has 22 heavy (non-hydrogen) atoms. The van der Waals surface area contributed by atoms with Gasteiger partial charge in [-0.15, -0.1) is 0 Å². The van der Waals surface area contributed by atoms with Crippen molar-refractivity contribution < 1.29 is 14.7 Å². The molecule has 0 fully saturated rings. The lowest BCUT2D eigenvalue weighted by Crippen LogP contribution is -2.21. The molecule has 2 N–H and O–H groups in total. The molecule has 2 rings (SSSR count). The minimum Gasteiger partial charge on any atom is -0.507 e. The van der Waals surface area contributed by atoms with Crippen molar-refractivity contribution in [3.8, 4) is 0 Å². The van der Waals surface area contributed by atoms with Crippen LogP contribution in [-0.4, -0.2) is 21.8 Å². The van der Waals surface area contributed by atoms with Gasteiger partial charge in [0.15, 0.2) is 0 Å². The second-order valence-electron chi connectivity index (χ2n) is 4.22. The molecule has 1 aromatic carbocycles. The number of aliphatic hydroxyl groups is 1. The average molecular weight is 382 g/mol. The van der Waals surface area contributed by atoms with E-state index in [1.165, 1.54) is 24.4 Å². The normalized spacial score (nSPS) is 11.1. The summed E-state index contributed by atoms with van der Waals surface area (Å²) in [5.74, 6) is -1.87. The minimum absolute atomic E-state index is 0.237. The first-order valence-corrected chi connectivity index (χ1v) is 7.26. The van der Waals surface area contributed by atoms with Crippen molar-refractivity contribution in [1.29, 1.82) is 0 Å². The second kappa shape index (κ2) is 7.20. The van der Waals surface area contributed by atoms with Crippen LogP contribution in [0, 0.1) is 0 Å². The lowest BCUT2D eigenvalue weighted by molar-refractivity contribution is -0.132. The molecule has 0 spiro atoms. The summed E-state index contributed by atoms with van der Waals surface area (Å²) in [6.45, 7) is 0. The van der Waals surface area contributed by atoms with Gasteiger partial charge in [-0.25, -0.2) is 4.98 Å². The molecule has 1 amide bonds. The Morgan fingerprint density at radius 2 is 1.86 bits per heavy atom. The number of amides is 1. The predicted octanol–water partition coefficient (Wildman–Crippen LogP) is 3.60. The zero-order valence-corrected chi connectivity index (χ0v) is 13.4. The number of aromatic nitrogens is 1. The van der Waals surface area contributed by atoms with E-state index >= 15 is 0 Å². The van der Waals surface area contributed by atoms with Crippen molar-refractivity contribution in [2.75, 3.05) is 5.32 Å². The van der Waals surface area contributed by atoms with Crippen LogP contribution >= 0.6 is 27.5 Å². The third-order valence-electron chi connectivity index (χ3n) is 2.60. The molecule has 0 radical (unpaired) electrons. The summed E-state index contributed by atoms with van der Waals surface area (Å²) >= 11 is 8.94. The van der Waals surface area contributed by atoms with Crippen LogP contribution in [0.3, 0.4) is 0 Å². The molecular formula is C15H10BrClN2O3. The van der Waals surface area contributed by atoms with Gasteiger partial charge in [-0.2, -0.15) is 0 Å². The number of nitrogens with one attached hydrogen (secondary N) is 1. The van der Waals surface area contributed by atoms with Crippen LogP contribution in [0.1, 0.15) is 5.56 Å². The number of carbonyl (C=O) groups is 2. The van der Waals surface area contributed by atoms with Crippen LogP contribution in [0.4, 0.5) is 5.82 Å². The van der Waals surface area contributed by atoms with Crippen molar-refractivity contribution in [3.63, 3.8) is 0 Å². The highest BCUT2D eigenvalue weighted by Gasteiger charge is 2.13. The second-order valence-corrected chi connectivity index (χ2v) is 5.57. The number of anilines is 1. The Labute approximate surface area is 139 Å². The zero-order chi connectivity index (χ0) is 16.1. The van der Waals surface area contributed by atoms with Gasteiger partial charge in [-0.3, -0.25) is 9.59 Å². The highest BCUT2D eigenvalue weighted by Crippen LogP contribution is 2.15. The highest BCUT2D eigenvalue weighted by molar-refractivity contribution is 9.10. The van der Waals surface area contributed by atoms with E-state index in [4.69, 9.17) is 11.6 Å².